The van der Waals surface area contributed by atoms with E-state index in [1.165, 1.54) is 6.08 Å². The molecule has 0 spiro atoms. The third-order valence-corrected chi connectivity index (χ3v) is 6.01. The molecule has 32 heavy (non-hydrogen) atoms. The van der Waals surface area contributed by atoms with Crippen LogP contribution in [0.4, 0.5) is 4.79 Å². The number of nitrogens with one attached hydrogen (secondary N) is 2. The molecule has 0 saturated carbocycles. The fourth-order valence-electron chi connectivity index (χ4n) is 4.22. The Hall–Kier alpha value is -3.90. The van der Waals surface area contributed by atoms with E-state index in [-0.39, 0.29) is 5.57 Å². The summed E-state index contributed by atoms with van der Waals surface area (Å²) in [4.78, 5) is 36.0. The summed E-state index contributed by atoms with van der Waals surface area (Å²) >= 11 is 6.28. The van der Waals surface area contributed by atoms with E-state index in [9.17, 15) is 14.4 Å². The van der Waals surface area contributed by atoms with Gasteiger partial charge in [-0.15, -0.1) is 0 Å². The minimum atomic E-state index is -0.824. The van der Waals surface area contributed by atoms with Crippen LogP contribution in [0.1, 0.15) is 16.8 Å². The van der Waals surface area contributed by atoms with Gasteiger partial charge in [0.25, 0.3) is 11.8 Å². The van der Waals surface area contributed by atoms with E-state index >= 15 is 0 Å². The standard InChI is InChI=1S/C25H18ClN3O3/c1-14-19(12-21-23(30)27-25(32)28-24(21)31)20-11-17(26)9-10-22(20)29(14)13-16-7-4-6-15-5-2-3-8-18(15)16/h2-12H,13H2,1H3,(H2,27,28,30,31,32). The topological polar surface area (TPSA) is 80.2 Å². The van der Waals surface area contributed by atoms with Gasteiger partial charge < -0.3 is 4.57 Å². The molecule has 5 rings (SSSR count). The van der Waals surface area contributed by atoms with Crippen LogP contribution in [-0.2, 0) is 16.1 Å². The van der Waals surface area contributed by atoms with Gasteiger partial charge in [-0.2, -0.15) is 0 Å². The molecule has 4 aromatic rings. The number of fused-ring (bicyclic) bond motifs is 2. The number of rotatable bonds is 3. The van der Waals surface area contributed by atoms with Gasteiger partial charge in [0, 0.05) is 33.7 Å². The van der Waals surface area contributed by atoms with Gasteiger partial charge in [-0.05, 0) is 47.5 Å². The highest BCUT2D eigenvalue weighted by atomic mass is 35.5. The van der Waals surface area contributed by atoms with E-state index < -0.39 is 17.8 Å². The highest BCUT2D eigenvalue weighted by Crippen LogP contribution is 2.32. The second-order valence-corrected chi connectivity index (χ2v) is 8.12. The number of hydrogen-bond acceptors (Lipinski definition) is 3. The largest absolute Gasteiger partial charge is 0.340 e. The number of amides is 4. The molecule has 4 amide bonds. The molecule has 0 bridgehead atoms. The molecule has 1 fully saturated rings. The van der Waals surface area contributed by atoms with Crippen molar-refractivity contribution < 1.29 is 14.4 Å². The summed E-state index contributed by atoms with van der Waals surface area (Å²) in [6, 6.07) is 19.2. The second-order valence-electron chi connectivity index (χ2n) is 7.68. The Bertz CT molecular complexity index is 1460. The zero-order valence-corrected chi connectivity index (χ0v) is 17.9. The van der Waals surface area contributed by atoms with Crippen molar-refractivity contribution >= 4 is 57.2 Å². The fraction of sp³-hybridized carbons (Fsp3) is 0.0800. The molecule has 158 valence electrons. The Labute approximate surface area is 188 Å². The molecule has 0 atom stereocenters. The van der Waals surface area contributed by atoms with Crippen molar-refractivity contribution in [2.45, 2.75) is 13.5 Å². The zero-order chi connectivity index (χ0) is 22.4. The van der Waals surface area contributed by atoms with Crippen molar-refractivity contribution in [3.05, 3.63) is 88.1 Å². The molecule has 2 heterocycles. The van der Waals surface area contributed by atoms with E-state index in [4.69, 9.17) is 11.6 Å². The first-order valence-electron chi connectivity index (χ1n) is 10.1. The van der Waals surface area contributed by atoms with Gasteiger partial charge in [0.2, 0.25) is 0 Å². The molecule has 1 saturated heterocycles. The SMILES string of the molecule is Cc1c(C=C2C(=O)NC(=O)NC2=O)c2cc(Cl)ccc2n1Cc1cccc2ccccc12. The average molecular weight is 444 g/mol. The summed E-state index contributed by atoms with van der Waals surface area (Å²) in [7, 11) is 0. The quantitative estimate of drug-likeness (QED) is 0.360. The van der Waals surface area contributed by atoms with Crippen molar-refractivity contribution in [3.63, 3.8) is 0 Å². The highest BCUT2D eigenvalue weighted by Gasteiger charge is 2.28. The summed E-state index contributed by atoms with van der Waals surface area (Å²) in [6.07, 6.45) is 1.52. The number of carbonyl (C=O) groups is 3. The lowest BCUT2D eigenvalue weighted by Crippen LogP contribution is -2.51. The Morgan fingerprint density at radius 1 is 0.906 bits per heavy atom. The number of urea groups is 1. The number of aromatic nitrogens is 1. The first kappa shape index (κ1) is 20.0. The zero-order valence-electron chi connectivity index (χ0n) is 17.1. The monoisotopic (exact) mass is 443 g/mol. The van der Waals surface area contributed by atoms with Gasteiger partial charge in [0.05, 0.1) is 0 Å². The van der Waals surface area contributed by atoms with E-state index in [0.29, 0.717) is 17.1 Å². The van der Waals surface area contributed by atoms with Crippen LogP contribution >= 0.6 is 11.6 Å². The summed E-state index contributed by atoms with van der Waals surface area (Å²) in [5, 5.41) is 7.92. The Morgan fingerprint density at radius 3 is 2.41 bits per heavy atom. The summed E-state index contributed by atoms with van der Waals surface area (Å²) in [5.41, 5.74) is 3.53. The predicted octanol–water partition coefficient (Wildman–Crippen LogP) is 4.55. The molecule has 6 nitrogen and oxygen atoms in total. The van der Waals surface area contributed by atoms with Gasteiger partial charge in [0.15, 0.2) is 0 Å². The van der Waals surface area contributed by atoms with Crippen LogP contribution in [0.25, 0.3) is 27.8 Å². The molecule has 0 radical (unpaired) electrons. The number of hydrogen-bond donors (Lipinski definition) is 2. The Balaban J connectivity index is 1.69. The van der Waals surface area contributed by atoms with Gasteiger partial charge in [0.1, 0.15) is 5.57 Å². The maximum absolute atomic E-state index is 12.3. The van der Waals surface area contributed by atoms with Crippen molar-refractivity contribution in [2.75, 3.05) is 0 Å². The van der Waals surface area contributed by atoms with E-state index in [1.807, 2.05) is 43.3 Å². The maximum Gasteiger partial charge on any atom is 0.328 e. The molecule has 1 aliphatic rings. The third kappa shape index (κ3) is 3.35. The van der Waals surface area contributed by atoms with E-state index in [2.05, 4.69) is 39.5 Å². The van der Waals surface area contributed by atoms with Gasteiger partial charge in [-0.25, -0.2) is 4.79 Å². The van der Waals surface area contributed by atoms with E-state index in [1.54, 1.807) is 0 Å². The lowest BCUT2D eigenvalue weighted by atomic mass is 10.0. The second kappa shape index (κ2) is 7.66. The highest BCUT2D eigenvalue weighted by molar-refractivity contribution is 6.32. The van der Waals surface area contributed by atoms with Crippen molar-refractivity contribution in [1.29, 1.82) is 0 Å². The number of nitrogens with zero attached hydrogens (tertiary/aromatic N) is 1. The minimum Gasteiger partial charge on any atom is -0.340 e. The summed E-state index contributed by atoms with van der Waals surface area (Å²) < 4.78 is 2.14. The summed E-state index contributed by atoms with van der Waals surface area (Å²) in [5.74, 6) is -1.45. The Morgan fingerprint density at radius 2 is 1.62 bits per heavy atom. The molecule has 0 aliphatic carbocycles. The van der Waals surface area contributed by atoms with Gasteiger partial charge in [-0.1, -0.05) is 54.1 Å². The fourth-order valence-corrected chi connectivity index (χ4v) is 4.39. The third-order valence-electron chi connectivity index (χ3n) is 5.77. The van der Waals surface area contributed by atoms with Gasteiger partial charge >= 0.3 is 6.03 Å². The van der Waals surface area contributed by atoms with Crippen LogP contribution in [0, 0.1) is 6.92 Å². The normalized spacial score (nSPS) is 14.1. The van der Waals surface area contributed by atoms with Crippen molar-refractivity contribution in [3.8, 4) is 0 Å². The average Bonchev–Trinajstić information content (AvgIpc) is 3.01. The number of halogens is 1. The number of carbonyl (C=O) groups excluding carboxylic acids is 3. The number of barbiturate groups is 1. The molecule has 2 N–H and O–H groups in total. The number of benzene rings is 3. The van der Waals surface area contributed by atoms with Crippen molar-refractivity contribution in [1.82, 2.24) is 15.2 Å². The smallest absolute Gasteiger partial charge is 0.328 e. The van der Waals surface area contributed by atoms with Crippen LogP contribution in [0.5, 0.6) is 0 Å². The molecule has 1 aromatic heterocycles. The molecule has 3 aromatic carbocycles. The maximum atomic E-state index is 12.3. The lowest BCUT2D eigenvalue weighted by molar-refractivity contribution is -0.123. The lowest BCUT2D eigenvalue weighted by Gasteiger charge is -2.14. The van der Waals surface area contributed by atoms with Crippen LogP contribution in [0.15, 0.2) is 66.2 Å². The molecule has 1 aliphatic heterocycles. The minimum absolute atomic E-state index is 0.128. The molecular formula is C25H18ClN3O3. The van der Waals surface area contributed by atoms with Crippen LogP contribution in [-0.4, -0.2) is 22.4 Å². The van der Waals surface area contributed by atoms with Crippen molar-refractivity contribution in [2.24, 2.45) is 0 Å². The van der Waals surface area contributed by atoms with Crippen LogP contribution in [0.2, 0.25) is 5.02 Å². The molecule has 7 heteroatoms. The van der Waals surface area contributed by atoms with Crippen LogP contribution in [0.3, 0.4) is 0 Å². The first-order valence-corrected chi connectivity index (χ1v) is 10.4. The first-order chi connectivity index (χ1) is 15.4. The molecular weight excluding hydrogens is 426 g/mol. The van der Waals surface area contributed by atoms with Gasteiger partial charge in [-0.3, -0.25) is 20.2 Å². The van der Waals surface area contributed by atoms with E-state index in [0.717, 1.165) is 32.9 Å². The predicted molar refractivity (Wildman–Crippen MR) is 124 cm³/mol. The summed E-state index contributed by atoms with van der Waals surface area (Å²) in [6.45, 7) is 2.54. The molecule has 0 unspecified atom stereocenters. The number of imide groups is 2. The Kier molecular flexibility index (Phi) is 4.79. The van der Waals surface area contributed by atoms with Crippen LogP contribution < -0.4 is 10.6 Å².